The number of carbonyl (C=O) groups is 1. The van der Waals surface area contributed by atoms with E-state index in [4.69, 9.17) is 9.15 Å². The standard InChI is InChI=1S/C23H23N3O3/c1-16(2)14-26-22(11-12-24-26)25-23(27)21-10-9-20(29-21)15-28-19-8-7-17-5-3-4-6-18(17)13-19/h3-13,16H,14-15H2,1-2H3,(H,25,27). The third-order valence-corrected chi connectivity index (χ3v) is 4.48. The number of amides is 1. The van der Waals surface area contributed by atoms with Gasteiger partial charge in [0.1, 0.15) is 23.9 Å². The Kier molecular flexibility index (Phi) is 5.33. The third-order valence-electron chi connectivity index (χ3n) is 4.48. The minimum Gasteiger partial charge on any atom is -0.486 e. The average Bonchev–Trinajstić information content (AvgIpc) is 3.35. The van der Waals surface area contributed by atoms with Crippen molar-refractivity contribution in [1.82, 2.24) is 9.78 Å². The van der Waals surface area contributed by atoms with Crippen LogP contribution in [0.1, 0.15) is 30.2 Å². The second-order valence-electron chi connectivity index (χ2n) is 7.31. The van der Waals surface area contributed by atoms with Gasteiger partial charge in [0.2, 0.25) is 0 Å². The molecule has 4 rings (SSSR count). The van der Waals surface area contributed by atoms with E-state index in [-0.39, 0.29) is 18.3 Å². The van der Waals surface area contributed by atoms with Crippen molar-refractivity contribution < 1.29 is 13.9 Å². The van der Waals surface area contributed by atoms with Crippen LogP contribution >= 0.6 is 0 Å². The molecule has 2 aromatic carbocycles. The summed E-state index contributed by atoms with van der Waals surface area (Å²) in [6.07, 6.45) is 1.67. The number of hydrogen-bond donors (Lipinski definition) is 1. The summed E-state index contributed by atoms with van der Waals surface area (Å²) in [5.74, 6) is 2.33. The first kappa shape index (κ1) is 18.8. The van der Waals surface area contributed by atoms with E-state index >= 15 is 0 Å². The maximum atomic E-state index is 12.5. The highest BCUT2D eigenvalue weighted by Crippen LogP contribution is 2.22. The van der Waals surface area contributed by atoms with Gasteiger partial charge in [-0.25, -0.2) is 4.68 Å². The molecule has 0 bridgehead atoms. The number of nitrogens with one attached hydrogen (secondary N) is 1. The van der Waals surface area contributed by atoms with Crippen LogP contribution in [-0.2, 0) is 13.2 Å². The number of furan rings is 1. The van der Waals surface area contributed by atoms with Gasteiger partial charge >= 0.3 is 0 Å². The van der Waals surface area contributed by atoms with Gasteiger partial charge in [0.15, 0.2) is 5.76 Å². The van der Waals surface area contributed by atoms with E-state index < -0.39 is 0 Å². The average molecular weight is 389 g/mol. The van der Waals surface area contributed by atoms with Gasteiger partial charge in [-0.05, 0) is 41.0 Å². The van der Waals surface area contributed by atoms with Crippen LogP contribution in [-0.4, -0.2) is 15.7 Å². The summed E-state index contributed by atoms with van der Waals surface area (Å²) < 4.78 is 13.3. The predicted molar refractivity (Wildman–Crippen MR) is 112 cm³/mol. The fourth-order valence-corrected chi connectivity index (χ4v) is 3.10. The van der Waals surface area contributed by atoms with Gasteiger partial charge in [0.25, 0.3) is 5.91 Å². The van der Waals surface area contributed by atoms with Crippen LogP contribution in [0, 0.1) is 5.92 Å². The number of anilines is 1. The fraction of sp³-hybridized carbons (Fsp3) is 0.217. The largest absolute Gasteiger partial charge is 0.486 e. The van der Waals surface area contributed by atoms with E-state index in [9.17, 15) is 4.79 Å². The second-order valence-corrected chi connectivity index (χ2v) is 7.31. The second kappa shape index (κ2) is 8.22. The highest BCUT2D eigenvalue weighted by Gasteiger charge is 2.14. The predicted octanol–water partition coefficient (Wildman–Crippen LogP) is 5.12. The summed E-state index contributed by atoms with van der Waals surface area (Å²) in [5.41, 5.74) is 0. The molecule has 6 nitrogen and oxygen atoms in total. The number of aromatic nitrogens is 2. The Labute approximate surface area is 169 Å². The van der Waals surface area contributed by atoms with Crippen LogP contribution in [0.15, 0.2) is 71.3 Å². The van der Waals surface area contributed by atoms with E-state index in [1.807, 2.05) is 36.4 Å². The van der Waals surface area contributed by atoms with Crippen LogP contribution < -0.4 is 10.1 Å². The van der Waals surface area contributed by atoms with E-state index in [0.717, 1.165) is 23.1 Å². The molecule has 0 unspecified atom stereocenters. The minimum absolute atomic E-state index is 0.236. The number of carbonyl (C=O) groups excluding carboxylic acids is 1. The number of rotatable bonds is 7. The molecule has 4 aromatic rings. The zero-order chi connectivity index (χ0) is 20.2. The van der Waals surface area contributed by atoms with Gasteiger partial charge in [-0.2, -0.15) is 5.10 Å². The highest BCUT2D eigenvalue weighted by atomic mass is 16.5. The first-order valence-electron chi connectivity index (χ1n) is 9.62. The van der Waals surface area contributed by atoms with Crippen LogP contribution in [0.25, 0.3) is 10.8 Å². The van der Waals surface area contributed by atoms with Crippen molar-refractivity contribution in [2.45, 2.75) is 27.0 Å². The molecule has 0 aliphatic heterocycles. The minimum atomic E-state index is -0.313. The molecule has 0 fully saturated rings. The monoisotopic (exact) mass is 389 g/mol. The quantitative estimate of drug-likeness (QED) is 0.476. The van der Waals surface area contributed by atoms with Crippen LogP contribution in [0.5, 0.6) is 5.75 Å². The molecule has 0 radical (unpaired) electrons. The molecule has 0 atom stereocenters. The highest BCUT2D eigenvalue weighted by molar-refractivity contribution is 6.01. The molecule has 6 heteroatoms. The molecule has 29 heavy (non-hydrogen) atoms. The van der Waals surface area contributed by atoms with E-state index in [0.29, 0.717) is 17.5 Å². The number of ether oxygens (including phenoxy) is 1. The van der Waals surface area contributed by atoms with E-state index in [2.05, 4.69) is 30.3 Å². The van der Waals surface area contributed by atoms with Gasteiger partial charge in [0.05, 0.1) is 6.20 Å². The van der Waals surface area contributed by atoms with E-state index in [1.54, 1.807) is 29.1 Å². The zero-order valence-corrected chi connectivity index (χ0v) is 16.5. The first-order valence-corrected chi connectivity index (χ1v) is 9.62. The molecule has 2 heterocycles. The zero-order valence-electron chi connectivity index (χ0n) is 16.5. The Hall–Kier alpha value is -3.54. The molecule has 0 saturated heterocycles. The summed E-state index contributed by atoms with van der Waals surface area (Å²) in [5, 5.41) is 9.36. The fourth-order valence-electron chi connectivity index (χ4n) is 3.10. The molecule has 0 saturated carbocycles. The molecule has 2 aromatic heterocycles. The number of nitrogens with zero attached hydrogens (tertiary/aromatic N) is 2. The lowest BCUT2D eigenvalue weighted by molar-refractivity contribution is 0.0991. The summed E-state index contributed by atoms with van der Waals surface area (Å²) in [6, 6.07) is 19.2. The van der Waals surface area contributed by atoms with Gasteiger partial charge in [0, 0.05) is 12.6 Å². The summed E-state index contributed by atoms with van der Waals surface area (Å²) in [6.45, 7) is 5.17. The van der Waals surface area contributed by atoms with Crippen LogP contribution in [0.4, 0.5) is 5.82 Å². The Bertz CT molecular complexity index is 1130. The smallest absolute Gasteiger partial charge is 0.292 e. The molecule has 1 amide bonds. The Balaban J connectivity index is 1.38. The lowest BCUT2D eigenvalue weighted by Gasteiger charge is -2.10. The summed E-state index contributed by atoms with van der Waals surface area (Å²) >= 11 is 0. The molecule has 0 aliphatic rings. The van der Waals surface area contributed by atoms with Gasteiger partial charge in [-0.15, -0.1) is 0 Å². The summed E-state index contributed by atoms with van der Waals surface area (Å²) in [4.78, 5) is 12.5. The maximum Gasteiger partial charge on any atom is 0.292 e. The molecule has 148 valence electrons. The van der Waals surface area contributed by atoms with Crippen molar-refractivity contribution in [2.24, 2.45) is 5.92 Å². The van der Waals surface area contributed by atoms with Crippen molar-refractivity contribution >= 4 is 22.5 Å². The normalized spacial score (nSPS) is 11.1. The first-order chi connectivity index (χ1) is 14.1. The number of benzene rings is 2. The van der Waals surface area contributed by atoms with Gasteiger partial charge < -0.3 is 14.5 Å². The topological polar surface area (TPSA) is 69.3 Å². The van der Waals surface area contributed by atoms with Crippen LogP contribution in [0.3, 0.4) is 0 Å². The number of fused-ring (bicyclic) bond motifs is 1. The lowest BCUT2D eigenvalue weighted by Crippen LogP contribution is -2.16. The molecular formula is C23H23N3O3. The Morgan fingerprint density at radius 2 is 1.93 bits per heavy atom. The molecule has 0 aliphatic carbocycles. The Morgan fingerprint density at radius 3 is 2.76 bits per heavy atom. The molecule has 1 N–H and O–H groups in total. The van der Waals surface area contributed by atoms with Crippen LogP contribution in [0.2, 0.25) is 0 Å². The number of hydrogen-bond acceptors (Lipinski definition) is 4. The summed E-state index contributed by atoms with van der Waals surface area (Å²) in [7, 11) is 0. The molecule has 0 spiro atoms. The SMILES string of the molecule is CC(C)Cn1nccc1NC(=O)c1ccc(COc2ccc3ccccc3c2)o1. The van der Waals surface area contributed by atoms with Crippen molar-refractivity contribution in [3.63, 3.8) is 0 Å². The third kappa shape index (κ3) is 4.48. The lowest BCUT2D eigenvalue weighted by atomic mass is 10.1. The van der Waals surface area contributed by atoms with Gasteiger partial charge in [-0.1, -0.05) is 44.2 Å². The van der Waals surface area contributed by atoms with Gasteiger partial charge in [-0.3, -0.25) is 4.79 Å². The maximum absolute atomic E-state index is 12.5. The van der Waals surface area contributed by atoms with Crippen molar-refractivity contribution in [3.8, 4) is 5.75 Å². The van der Waals surface area contributed by atoms with Crippen molar-refractivity contribution in [1.29, 1.82) is 0 Å². The van der Waals surface area contributed by atoms with Crippen molar-refractivity contribution in [3.05, 3.63) is 78.4 Å². The van der Waals surface area contributed by atoms with Crippen molar-refractivity contribution in [2.75, 3.05) is 5.32 Å². The Morgan fingerprint density at radius 1 is 1.10 bits per heavy atom. The van der Waals surface area contributed by atoms with E-state index in [1.165, 1.54) is 0 Å². The molecular weight excluding hydrogens is 366 g/mol.